The van der Waals surface area contributed by atoms with Crippen LogP contribution in [0, 0.1) is 6.92 Å². The first kappa shape index (κ1) is 14.4. The second-order valence-corrected chi connectivity index (χ2v) is 6.30. The van der Waals surface area contributed by atoms with Crippen LogP contribution in [0.5, 0.6) is 5.75 Å². The fraction of sp³-hybridized carbons (Fsp3) is 0.200. The van der Waals surface area contributed by atoms with E-state index >= 15 is 0 Å². The summed E-state index contributed by atoms with van der Waals surface area (Å²) in [5.41, 5.74) is 2.30. The highest BCUT2D eigenvalue weighted by Crippen LogP contribution is 2.19. The van der Waals surface area contributed by atoms with E-state index < -0.39 is 10.0 Å². The van der Waals surface area contributed by atoms with E-state index in [9.17, 15) is 8.42 Å². The number of methoxy groups -OCH3 is 1. The summed E-state index contributed by atoms with van der Waals surface area (Å²) >= 11 is 0. The standard InChI is InChI=1S/C15H17NO3S/c1-12-5-3-6-13(9-12)11-20(17,18)16-14-7-4-8-15(10-14)19-2/h3-10,16H,11H2,1-2H3. The minimum absolute atomic E-state index is 0.0497. The molecule has 0 saturated carbocycles. The van der Waals surface area contributed by atoms with Crippen molar-refractivity contribution in [3.63, 3.8) is 0 Å². The van der Waals surface area contributed by atoms with Crippen LogP contribution >= 0.6 is 0 Å². The zero-order valence-electron chi connectivity index (χ0n) is 11.5. The highest BCUT2D eigenvalue weighted by Gasteiger charge is 2.12. The summed E-state index contributed by atoms with van der Waals surface area (Å²) in [6, 6.07) is 14.3. The van der Waals surface area contributed by atoms with Crippen molar-refractivity contribution in [2.24, 2.45) is 0 Å². The van der Waals surface area contributed by atoms with Crippen molar-refractivity contribution in [3.05, 3.63) is 59.7 Å². The van der Waals surface area contributed by atoms with E-state index in [-0.39, 0.29) is 5.75 Å². The van der Waals surface area contributed by atoms with Gasteiger partial charge >= 0.3 is 0 Å². The van der Waals surface area contributed by atoms with Crippen molar-refractivity contribution in [1.82, 2.24) is 0 Å². The summed E-state index contributed by atoms with van der Waals surface area (Å²) in [6.45, 7) is 1.94. The molecule has 2 aromatic rings. The summed E-state index contributed by atoms with van der Waals surface area (Å²) in [5, 5.41) is 0. The lowest BCUT2D eigenvalue weighted by atomic mass is 10.2. The lowest BCUT2D eigenvalue weighted by Gasteiger charge is -2.09. The molecule has 4 nitrogen and oxygen atoms in total. The van der Waals surface area contributed by atoms with Crippen LogP contribution < -0.4 is 9.46 Å². The first-order valence-electron chi connectivity index (χ1n) is 6.18. The number of benzene rings is 2. The fourth-order valence-electron chi connectivity index (χ4n) is 1.92. The first-order valence-corrected chi connectivity index (χ1v) is 7.84. The molecule has 0 radical (unpaired) electrons. The number of aryl methyl sites for hydroxylation is 1. The van der Waals surface area contributed by atoms with E-state index in [1.807, 2.05) is 25.1 Å². The maximum atomic E-state index is 12.1. The molecule has 0 unspecified atom stereocenters. The fourth-order valence-corrected chi connectivity index (χ4v) is 3.10. The first-order chi connectivity index (χ1) is 9.48. The van der Waals surface area contributed by atoms with Crippen LogP contribution in [0.15, 0.2) is 48.5 Å². The zero-order chi connectivity index (χ0) is 14.6. The van der Waals surface area contributed by atoms with Crippen molar-refractivity contribution in [1.29, 1.82) is 0 Å². The number of hydrogen-bond acceptors (Lipinski definition) is 3. The Morgan fingerprint density at radius 2 is 1.85 bits per heavy atom. The summed E-state index contributed by atoms with van der Waals surface area (Å²) in [5.74, 6) is 0.562. The smallest absolute Gasteiger partial charge is 0.236 e. The Hall–Kier alpha value is -2.01. The van der Waals surface area contributed by atoms with Crippen molar-refractivity contribution in [3.8, 4) is 5.75 Å². The predicted molar refractivity (Wildman–Crippen MR) is 80.4 cm³/mol. The second kappa shape index (κ2) is 5.96. The number of hydrogen-bond donors (Lipinski definition) is 1. The number of sulfonamides is 1. The second-order valence-electron chi connectivity index (χ2n) is 4.58. The molecule has 0 amide bonds. The number of nitrogens with one attached hydrogen (secondary N) is 1. The van der Waals surface area contributed by atoms with E-state index in [1.54, 1.807) is 37.4 Å². The molecule has 2 rings (SSSR count). The van der Waals surface area contributed by atoms with Gasteiger partial charge < -0.3 is 4.74 Å². The summed E-state index contributed by atoms with van der Waals surface area (Å²) < 4.78 is 31.9. The molecule has 0 atom stereocenters. The van der Waals surface area contributed by atoms with Gasteiger partial charge in [0, 0.05) is 6.07 Å². The van der Waals surface area contributed by atoms with E-state index in [0.717, 1.165) is 11.1 Å². The zero-order valence-corrected chi connectivity index (χ0v) is 12.3. The largest absolute Gasteiger partial charge is 0.497 e. The Bertz CT molecular complexity index is 696. The highest BCUT2D eigenvalue weighted by molar-refractivity contribution is 7.91. The Morgan fingerprint density at radius 3 is 2.55 bits per heavy atom. The molecule has 0 aliphatic carbocycles. The van der Waals surface area contributed by atoms with E-state index in [2.05, 4.69) is 4.72 Å². The Kier molecular flexibility index (Phi) is 4.29. The van der Waals surface area contributed by atoms with Crippen molar-refractivity contribution in [2.45, 2.75) is 12.7 Å². The normalized spacial score (nSPS) is 11.1. The topological polar surface area (TPSA) is 55.4 Å². The maximum absolute atomic E-state index is 12.1. The third kappa shape index (κ3) is 3.99. The molecule has 1 N–H and O–H groups in total. The van der Waals surface area contributed by atoms with Gasteiger partial charge in [0.25, 0.3) is 0 Å². The third-order valence-electron chi connectivity index (χ3n) is 2.78. The molecule has 20 heavy (non-hydrogen) atoms. The molecule has 0 heterocycles. The Balaban J connectivity index is 2.14. The Morgan fingerprint density at radius 1 is 1.10 bits per heavy atom. The summed E-state index contributed by atoms with van der Waals surface area (Å²) in [7, 11) is -1.89. The summed E-state index contributed by atoms with van der Waals surface area (Å²) in [4.78, 5) is 0. The van der Waals surface area contributed by atoms with E-state index in [1.165, 1.54) is 0 Å². The highest BCUT2D eigenvalue weighted by atomic mass is 32.2. The van der Waals surface area contributed by atoms with E-state index in [4.69, 9.17) is 4.74 Å². The Labute approximate surface area is 119 Å². The predicted octanol–water partition coefficient (Wildman–Crippen LogP) is 2.95. The van der Waals surface area contributed by atoms with Crippen molar-refractivity contribution in [2.75, 3.05) is 11.8 Å². The van der Waals surface area contributed by atoms with Crippen LogP contribution in [-0.4, -0.2) is 15.5 Å². The van der Waals surface area contributed by atoms with Crippen LogP contribution in [0.2, 0.25) is 0 Å². The van der Waals surface area contributed by atoms with Gasteiger partial charge in [-0.1, -0.05) is 35.9 Å². The molecule has 0 spiro atoms. The molecule has 0 aromatic heterocycles. The SMILES string of the molecule is COc1cccc(NS(=O)(=O)Cc2cccc(C)c2)c1. The minimum atomic E-state index is -3.43. The number of anilines is 1. The molecule has 2 aromatic carbocycles. The minimum Gasteiger partial charge on any atom is -0.497 e. The average Bonchev–Trinajstić information content (AvgIpc) is 2.37. The van der Waals surface area contributed by atoms with Gasteiger partial charge in [-0.25, -0.2) is 8.42 Å². The van der Waals surface area contributed by atoms with Gasteiger partial charge in [-0.05, 0) is 24.6 Å². The van der Waals surface area contributed by atoms with Crippen LogP contribution in [0.25, 0.3) is 0 Å². The van der Waals surface area contributed by atoms with Crippen LogP contribution in [0.1, 0.15) is 11.1 Å². The van der Waals surface area contributed by atoms with Crippen LogP contribution in [0.4, 0.5) is 5.69 Å². The van der Waals surface area contributed by atoms with Gasteiger partial charge in [-0.15, -0.1) is 0 Å². The molecule has 5 heteroatoms. The number of rotatable bonds is 5. The molecule has 0 aliphatic rings. The molecule has 0 bridgehead atoms. The molecule has 106 valence electrons. The van der Waals surface area contributed by atoms with Gasteiger partial charge in [-0.2, -0.15) is 0 Å². The van der Waals surface area contributed by atoms with Crippen LogP contribution in [0.3, 0.4) is 0 Å². The average molecular weight is 291 g/mol. The van der Waals surface area contributed by atoms with Crippen molar-refractivity contribution < 1.29 is 13.2 Å². The summed E-state index contributed by atoms with van der Waals surface area (Å²) in [6.07, 6.45) is 0. The van der Waals surface area contributed by atoms with Gasteiger partial charge in [0.05, 0.1) is 18.6 Å². The molecular weight excluding hydrogens is 274 g/mol. The monoisotopic (exact) mass is 291 g/mol. The van der Waals surface area contributed by atoms with Gasteiger partial charge in [0.15, 0.2) is 0 Å². The molecule has 0 fully saturated rings. The van der Waals surface area contributed by atoms with Gasteiger partial charge in [0.2, 0.25) is 10.0 Å². The molecule has 0 aliphatic heterocycles. The van der Waals surface area contributed by atoms with E-state index in [0.29, 0.717) is 11.4 Å². The number of ether oxygens (including phenoxy) is 1. The van der Waals surface area contributed by atoms with Crippen molar-refractivity contribution >= 4 is 15.7 Å². The quantitative estimate of drug-likeness (QED) is 0.921. The lowest BCUT2D eigenvalue weighted by molar-refractivity contribution is 0.415. The van der Waals surface area contributed by atoms with Crippen LogP contribution in [-0.2, 0) is 15.8 Å². The van der Waals surface area contributed by atoms with Gasteiger partial charge in [-0.3, -0.25) is 4.72 Å². The molecular formula is C15H17NO3S. The van der Waals surface area contributed by atoms with Gasteiger partial charge in [0.1, 0.15) is 5.75 Å². The third-order valence-corrected chi connectivity index (χ3v) is 4.04. The maximum Gasteiger partial charge on any atom is 0.236 e. The molecule has 0 saturated heterocycles. The lowest BCUT2D eigenvalue weighted by Crippen LogP contribution is -2.15.